The summed E-state index contributed by atoms with van der Waals surface area (Å²) in [5.74, 6) is 0.0804. The van der Waals surface area contributed by atoms with Crippen molar-refractivity contribution in [2.45, 2.75) is 132 Å². The number of phenols is 1. The molecule has 4 aromatic carbocycles. The number of carbonyl (C=O) groups is 2. The van der Waals surface area contributed by atoms with E-state index in [1.54, 1.807) is 24.1 Å². The van der Waals surface area contributed by atoms with Crippen LogP contribution < -0.4 is 34.3 Å². The molecule has 14 nitrogen and oxygen atoms in total. The van der Waals surface area contributed by atoms with E-state index in [-0.39, 0.29) is 66.6 Å². The van der Waals surface area contributed by atoms with Gasteiger partial charge in [-0.15, -0.1) is 0 Å². The molecule has 0 bridgehead atoms. The van der Waals surface area contributed by atoms with Crippen LogP contribution in [0.2, 0.25) is 0 Å². The van der Waals surface area contributed by atoms with Crippen LogP contribution in [0.5, 0.6) is 34.5 Å². The molecule has 0 radical (unpaired) electrons. The highest BCUT2D eigenvalue weighted by molar-refractivity contribution is 6.13. The van der Waals surface area contributed by atoms with Crippen LogP contribution in [0.4, 0.5) is 5.69 Å². The molecule has 6 aliphatic carbocycles. The number of hydrogen-bond acceptors (Lipinski definition) is 13. The van der Waals surface area contributed by atoms with Crippen LogP contribution in [0, 0.1) is 23.7 Å². The largest absolute Gasteiger partial charge is 0.502 e. The first-order valence-electron chi connectivity index (χ1n) is 28.3. The number of nitrogens with one attached hydrogen (secondary N) is 2. The number of rotatable bonds is 14. The number of aliphatic hydroxyl groups excluding tert-OH is 3. The van der Waals surface area contributed by atoms with Gasteiger partial charge in [0, 0.05) is 82.3 Å². The Balaban J connectivity index is 0.856. The maximum Gasteiger partial charge on any atom is 0.254 e. The van der Waals surface area contributed by atoms with Crippen LogP contribution >= 0.6 is 0 Å². The molecule has 9 aliphatic rings. The van der Waals surface area contributed by atoms with Crippen LogP contribution in [0.25, 0.3) is 23.3 Å². The second-order valence-electron chi connectivity index (χ2n) is 23.2. The van der Waals surface area contributed by atoms with Crippen molar-refractivity contribution in [2.75, 3.05) is 45.9 Å². The molecule has 8 atom stereocenters. The topological polar surface area (TPSA) is 189 Å². The molecular weight excluding hydrogens is 975 g/mol. The lowest BCUT2D eigenvalue weighted by Crippen LogP contribution is -2.66. The van der Waals surface area contributed by atoms with E-state index in [1.165, 1.54) is 19.3 Å². The molecule has 13 rings (SSSR count). The van der Waals surface area contributed by atoms with E-state index in [0.29, 0.717) is 52.5 Å². The first-order valence-corrected chi connectivity index (χ1v) is 28.3. The molecule has 77 heavy (non-hydrogen) atoms. The SMILES string of the molecule is CCNC1(Oc2cc(OC)c3c4c2C(O)Nc2cc5c(c(c2-4)CC3)C(O)C(c2cc(OC)c(O)c(OCC(CO)C34c6c7cccc6C=CC3C(C3(N6C(=O)C=CC6=O)CCCCC3)CCC4C=C7)c2)CO5)CCCCC1. The number of hydrogen-bond donors (Lipinski definition) is 6. The zero-order valence-electron chi connectivity index (χ0n) is 44.4. The number of imide groups is 1. The van der Waals surface area contributed by atoms with E-state index in [4.69, 9.17) is 23.7 Å². The van der Waals surface area contributed by atoms with Crippen molar-refractivity contribution < 1.29 is 53.7 Å². The monoisotopic (exact) mass is 1050 g/mol. The van der Waals surface area contributed by atoms with Crippen LogP contribution in [-0.4, -0.2) is 89.0 Å². The number of allylic oxidation sites excluding steroid dienone is 2. The number of amides is 2. The van der Waals surface area contributed by atoms with Gasteiger partial charge in [0.25, 0.3) is 11.8 Å². The van der Waals surface area contributed by atoms with Gasteiger partial charge < -0.3 is 49.4 Å². The fraction of sp³-hybridized carbons (Fsp3) is 0.492. The lowest BCUT2D eigenvalue weighted by molar-refractivity contribution is -0.154. The Kier molecular flexibility index (Phi) is 12.5. The van der Waals surface area contributed by atoms with Crippen molar-refractivity contribution in [1.82, 2.24) is 10.2 Å². The van der Waals surface area contributed by atoms with Crippen LogP contribution in [0.1, 0.15) is 147 Å². The number of aromatic hydroxyl groups is 1. The summed E-state index contributed by atoms with van der Waals surface area (Å²) in [6, 6.07) is 13.6. The first kappa shape index (κ1) is 50.2. The normalized spacial score (nSPS) is 27.9. The van der Waals surface area contributed by atoms with Crippen molar-refractivity contribution in [1.29, 1.82) is 0 Å². The third-order valence-electron chi connectivity index (χ3n) is 19.7. The van der Waals surface area contributed by atoms with E-state index in [9.17, 15) is 30.0 Å². The maximum atomic E-state index is 13.8. The van der Waals surface area contributed by atoms with Gasteiger partial charge in [0.05, 0.1) is 51.2 Å². The molecule has 14 heteroatoms. The Hall–Kier alpha value is -6.32. The Bertz CT molecular complexity index is 3130. The second-order valence-corrected chi connectivity index (χ2v) is 23.2. The van der Waals surface area contributed by atoms with Gasteiger partial charge in [-0.1, -0.05) is 75.1 Å². The van der Waals surface area contributed by atoms with Crippen molar-refractivity contribution in [3.8, 4) is 45.6 Å². The van der Waals surface area contributed by atoms with Crippen LogP contribution in [0.3, 0.4) is 0 Å². The highest BCUT2D eigenvalue weighted by atomic mass is 16.5. The third kappa shape index (κ3) is 7.54. The van der Waals surface area contributed by atoms with Gasteiger partial charge in [-0.3, -0.25) is 19.8 Å². The fourth-order valence-corrected chi connectivity index (χ4v) is 16.6. The summed E-state index contributed by atoms with van der Waals surface area (Å²) in [5, 5.41) is 55.6. The minimum atomic E-state index is -1.07. The number of aliphatic hydroxyl groups is 3. The molecule has 4 aromatic rings. The smallest absolute Gasteiger partial charge is 0.254 e. The molecule has 0 saturated heterocycles. The Morgan fingerprint density at radius 1 is 0.805 bits per heavy atom. The van der Waals surface area contributed by atoms with Gasteiger partial charge in [-0.05, 0) is 116 Å². The summed E-state index contributed by atoms with van der Waals surface area (Å²) in [6.07, 6.45) is 21.8. The summed E-state index contributed by atoms with van der Waals surface area (Å²) in [5.41, 5.74) is 7.68. The highest BCUT2D eigenvalue weighted by Gasteiger charge is 2.64. The summed E-state index contributed by atoms with van der Waals surface area (Å²) in [6.45, 7) is 2.72. The molecule has 404 valence electrons. The van der Waals surface area contributed by atoms with Gasteiger partial charge in [0.15, 0.2) is 23.5 Å². The molecule has 3 saturated carbocycles. The predicted molar refractivity (Wildman–Crippen MR) is 291 cm³/mol. The highest BCUT2D eigenvalue weighted by Crippen LogP contribution is 2.65. The average molecular weight is 1050 g/mol. The number of methoxy groups -OCH3 is 2. The molecular formula is C63H71N3O11. The van der Waals surface area contributed by atoms with Crippen LogP contribution in [-0.2, 0) is 27.8 Å². The number of benzene rings is 4. The molecule has 8 unspecified atom stereocenters. The van der Waals surface area contributed by atoms with Gasteiger partial charge in [-0.25, -0.2) is 0 Å². The van der Waals surface area contributed by atoms with Gasteiger partial charge >= 0.3 is 0 Å². The number of nitrogens with zero attached hydrogens (tertiary/aromatic N) is 1. The number of ether oxygens (including phenoxy) is 5. The maximum absolute atomic E-state index is 13.8. The van der Waals surface area contributed by atoms with Crippen LogP contribution in [0.15, 0.2) is 66.8 Å². The van der Waals surface area contributed by atoms with Gasteiger partial charge in [0.1, 0.15) is 17.2 Å². The van der Waals surface area contributed by atoms with Crippen molar-refractivity contribution in [3.05, 3.63) is 111 Å². The van der Waals surface area contributed by atoms with E-state index in [0.717, 1.165) is 123 Å². The minimum Gasteiger partial charge on any atom is -0.502 e. The summed E-state index contributed by atoms with van der Waals surface area (Å²) < 4.78 is 32.4. The standard InChI is InChI=1S/C63H71N3O11/c1-4-64-62(26-9-6-10-27-62)77-48-31-46(73-2)40-18-19-41-53-45(65-60(72)56(48)55(40)53)30-47-54(41)58(70)42(34-76-47)37-28-49(74-3)59(71)50(29-37)75-33-39(32-67)63-38-16-14-35-12-11-13-36(57(35)63)15-20-44(63)43(21-17-38)61(24-7-5-8-25-61)66-51(68)22-23-52(66)69/h11-16,20,22-23,28-31,38-39,42-44,58,60,64-65,67,70-72H,4-10,17-19,21,24-27,32-34H2,1-3H3. The average Bonchev–Trinajstić information content (AvgIpc) is 3.89. The molecule has 6 N–H and O–H groups in total. The Morgan fingerprint density at radius 3 is 2.22 bits per heavy atom. The van der Waals surface area contributed by atoms with Gasteiger partial charge in [-0.2, -0.15) is 0 Å². The lowest BCUT2D eigenvalue weighted by Gasteiger charge is -2.63. The zero-order valence-corrected chi connectivity index (χ0v) is 44.4. The number of phenolic OH excluding ortho intramolecular Hbond substituents is 1. The molecule has 0 aromatic heterocycles. The lowest BCUT2D eigenvalue weighted by atomic mass is 9.43. The van der Waals surface area contributed by atoms with Crippen molar-refractivity contribution in [3.63, 3.8) is 0 Å². The minimum absolute atomic E-state index is 0.0102. The van der Waals surface area contributed by atoms with Gasteiger partial charge in [0.2, 0.25) is 5.75 Å². The van der Waals surface area contributed by atoms with E-state index in [1.807, 2.05) is 12.1 Å². The molecule has 3 aliphatic heterocycles. The van der Waals surface area contributed by atoms with E-state index < -0.39 is 40.8 Å². The van der Waals surface area contributed by atoms with E-state index in [2.05, 4.69) is 60.1 Å². The summed E-state index contributed by atoms with van der Waals surface area (Å²) in [4.78, 5) is 29.1. The molecule has 0 spiro atoms. The van der Waals surface area contributed by atoms with E-state index >= 15 is 0 Å². The fourth-order valence-electron chi connectivity index (χ4n) is 16.6. The Morgan fingerprint density at radius 2 is 1.51 bits per heavy atom. The summed E-state index contributed by atoms with van der Waals surface area (Å²) >= 11 is 0. The first-order chi connectivity index (χ1) is 37.5. The third-order valence-corrected chi connectivity index (χ3v) is 19.7. The van der Waals surface area contributed by atoms with Crippen molar-refractivity contribution in [2.24, 2.45) is 23.7 Å². The second kappa shape index (κ2) is 19.2. The molecule has 3 fully saturated rings. The molecule has 2 amide bonds. The number of anilines is 1. The number of fused-ring (bicyclic) bond motifs is 2. The Labute approximate surface area is 450 Å². The molecule has 3 heterocycles. The van der Waals surface area contributed by atoms with Crippen molar-refractivity contribution >= 4 is 29.7 Å². The summed E-state index contributed by atoms with van der Waals surface area (Å²) in [7, 11) is 3.16. The quantitative estimate of drug-likeness (QED) is 0.0518. The predicted octanol–water partition coefficient (Wildman–Crippen LogP) is 9.70. The zero-order chi connectivity index (χ0) is 53.0. The number of carbonyl (C=O) groups excluding carboxylic acids is 2.